The molecule has 4 rings (SSSR count). The average molecular weight is 647 g/mol. The summed E-state index contributed by atoms with van der Waals surface area (Å²) in [6.45, 7) is 0. The summed E-state index contributed by atoms with van der Waals surface area (Å²) in [6, 6.07) is 15.9. The Morgan fingerprint density at radius 2 is 1.87 bits per heavy atom. The lowest BCUT2D eigenvalue weighted by Crippen LogP contribution is -2.34. The molecular weight excluding hydrogens is 636 g/mol. The number of carbonyl (C=O) groups excluding carboxylic acids is 1. The Kier molecular flexibility index (Phi) is 6.83. The summed E-state index contributed by atoms with van der Waals surface area (Å²) in [5.41, 5.74) is 3.16. The van der Waals surface area contributed by atoms with Crippen molar-refractivity contribution in [3.8, 4) is 11.5 Å². The molecule has 0 atom stereocenters. The minimum absolute atomic E-state index is 0.138. The molecule has 156 valence electrons. The van der Waals surface area contributed by atoms with Gasteiger partial charge in [0.1, 0.15) is 5.52 Å². The zero-order valence-electron chi connectivity index (χ0n) is 15.4. The maximum absolute atomic E-state index is 12.4. The number of aromatic nitrogens is 1. The number of anilines is 1. The second kappa shape index (κ2) is 9.41. The molecule has 0 spiro atoms. The highest BCUT2D eigenvalue weighted by Crippen LogP contribution is 2.32. The summed E-state index contributed by atoms with van der Waals surface area (Å²) in [7, 11) is 0. The van der Waals surface area contributed by atoms with Crippen molar-refractivity contribution in [3.63, 3.8) is 0 Å². The second-order valence-electron chi connectivity index (χ2n) is 6.36. The smallest absolute Gasteiger partial charge is 0.257 e. The van der Waals surface area contributed by atoms with Crippen molar-refractivity contribution in [1.29, 1.82) is 0 Å². The average Bonchev–Trinajstić information content (AvgIpc) is 3.14. The van der Waals surface area contributed by atoms with Gasteiger partial charge in [0.05, 0.1) is 15.6 Å². The molecule has 1 heterocycles. The zero-order chi connectivity index (χ0) is 22.1. The maximum Gasteiger partial charge on any atom is 0.257 e. The fraction of sp³-hybridized carbons (Fsp3) is 0. The molecule has 5 nitrogen and oxygen atoms in total. The van der Waals surface area contributed by atoms with Crippen LogP contribution in [-0.2, 0) is 0 Å². The number of fused-ring (bicyclic) bond motifs is 1. The molecule has 4 aromatic rings. The molecule has 10 heteroatoms. The Bertz CT molecular complexity index is 1350. The standard InChI is InChI=1S/C21H11BrCl2IN3O2S/c22-14-4-2-11(25)8-13(14)20-27-17-9-12(3-6-18(17)30-20)26-21(31)28-19(29)10-1-5-15(23)16(24)7-10/h1-9H,(H2,26,28,29,31). The van der Waals surface area contributed by atoms with Gasteiger partial charge in [-0.05, 0) is 105 Å². The molecule has 0 bridgehead atoms. The van der Waals surface area contributed by atoms with Crippen molar-refractivity contribution in [2.75, 3.05) is 5.32 Å². The predicted octanol–water partition coefficient (Wildman–Crippen LogP) is 7.30. The van der Waals surface area contributed by atoms with Crippen molar-refractivity contribution in [2.45, 2.75) is 0 Å². The zero-order valence-corrected chi connectivity index (χ0v) is 21.5. The molecule has 1 aromatic heterocycles. The molecule has 0 saturated carbocycles. The first kappa shape index (κ1) is 22.5. The van der Waals surface area contributed by atoms with E-state index < -0.39 is 5.91 Å². The van der Waals surface area contributed by atoms with Crippen LogP contribution in [-0.4, -0.2) is 16.0 Å². The number of hydrogen-bond donors (Lipinski definition) is 2. The number of nitrogens with one attached hydrogen (secondary N) is 2. The van der Waals surface area contributed by atoms with E-state index in [9.17, 15) is 4.79 Å². The van der Waals surface area contributed by atoms with E-state index in [1.54, 1.807) is 30.3 Å². The molecule has 0 saturated heterocycles. The fourth-order valence-electron chi connectivity index (χ4n) is 2.76. The minimum atomic E-state index is -0.399. The highest BCUT2D eigenvalue weighted by molar-refractivity contribution is 14.1. The van der Waals surface area contributed by atoms with Gasteiger partial charge < -0.3 is 9.73 Å². The third kappa shape index (κ3) is 5.20. The lowest BCUT2D eigenvalue weighted by Gasteiger charge is -2.10. The summed E-state index contributed by atoms with van der Waals surface area (Å²) < 4.78 is 7.86. The van der Waals surface area contributed by atoms with Crippen LogP contribution in [0.25, 0.3) is 22.6 Å². The molecule has 0 aliphatic heterocycles. The number of benzene rings is 3. The van der Waals surface area contributed by atoms with Crippen LogP contribution in [0.2, 0.25) is 10.0 Å². The molecule has 0 aliphatic carbocycles. The number of oxazole rings is 1. The number of thiocarbonyl (C=S) groups is 1. The van der Waals surface area contributed by atoms with Gasteiger partial charge in [-0.25, -0.2) is 4.98 Å². The number of hydrogen-bond acceptors (Lipinski definition) is 4. The van der Waals surface area contributed by atoms with Crippen LogP contribution in [0.3, 0.4) is 0 Å². The molecule has 0 fully saturated rings. The Morgan fingerprint density at radius 1 is 1.06 bits per heavy atom. The van der Waals surface area contributed by atoms with E-state index in [0.29, 0.717) is 38.3 Å². The number of nitrogens with zero attached hydrogens (tertiary/aromatic N) is 1. The van der Waals surface area contributed by atoms with Gasteiger partial charge in [0.25, 0.3) is 5.91 Å². The van der Waals surface area contributed by atoms with Gasteiger partial charge >= 0.3 is 0 Å². The molecule has 0 aliphatic rings. The molecule has 2 N–H and O–H groups in total. The Morgan fingerprint density at radius 3 is 2.65 bits per heavy atom. The van der Waals surface area contributed by atoms with Gasteiger partial charge in [0.2, 0.25) is 5.89 Å². The largest absolute Gasteiger partial charge is 0.436 e. The van der Waals surface area contributed by atoms with Gasteiger partial charge in [-0.3, -0.25) is 10.1 Å². The van der Waals surface area contributed by atoms with Gasteiger partial charge in [0.15, 0.2) is 10.7 Å². The van der Waals surface area contributed by atoms with Crippen LogP contribution in [0, 0.1) is 3.57 Å². The Balaban J connectivity index is 1.50. The molecule has 1 amide bonds. The predicted molar refractivity (Wildman–Crippen MR) is 140 cm³/mol. The van der Waals surface area contributed by atoms with E-state index in [1.165, 1.54) is 6.07 Å². The Labute approximate surface area is 214 Å². The second-order valence-corrected chi connectivity index (χ2v) is 9.69. The van der Waals surface area contributed by atoms with Crippen LogP contribution < -0.4 is 10.6 Å². The molecule has 31 heavy (non-hydrogen) atoms. The SMILES string of the molecule is O=C(NC(=S)Nc1ccc2oc(-c3cc(I)ccc3Br)nc2c1)c1ccc(Cl)c(Cl)c1. The first-order valence-corrected chi connectivity index (χ1v) is 11.8. The van der Waals surface area contributed by atoms with Crippen molar-refractivity contribution in [3.05, 3.63) is 78.2 Å². The lowest BCUT2D eigenvalue weighted by atomic mass is 10.2. The number of halogens is 4. The van der Waals surface area contributed by atoms with E-state index in [1.807, 2.05) is 18.2 Å². The molecule has 3 aromatic carbocycles. The Hall–Kier alpha value is -1.72. The lowest BCUT2D eigenvalue weighted by molar-refractivity contribution is 0.0977. The van der Waals surface area contributed by atoms with Crippen molar-refractivity contribution >= 4 is 102 Å². The normalized spacial score (nSPS) is 10.8. The third-order valence-electron chi connectivity index (χ3n) is 4.21. The first-order valence-electron chi connectivity index (χ1n) is 8.73. The first-order chi connectivity index (χ1) is 14.8. The minimum Gasteiger partial charge on any atom is -0.436 e. The highest BCUT2D eigenvalue weighted by Gasteiger charge is 2.14. The topological polar surface area (TPSA) is 67.2 Å². The van der Waals surface area contributed by atoms with E-state index in [-0.39, 0.29) is 5.11 Å². The molecule has 0 unspecified atom stereocenters. The number of rotatable bonds is 3. The van der Waals surface area contributed by atoms with E-state index in [4.69, 9.17) is 39.8 Å². The van der Waals surface area contributed by atoms with E-state index >= 15 is 0 Å². The maximum atomic E-state index is 12.4. The highest BCUT2D eigenvalue weighted by atomic mass is 127. The van der Waals surface area contributed by atoms with Crippen LogP contribution in [0.15, 0.2) is 63.5 Å². The molecular formula is C21H11BrCl2IN3O2S. The summed E-state index contributed by atoms with van der Waals surface area (Å²) in [6.07, 6.45) is 0. The van der Waals surface area contributed by atoms with Gasteiger partial charge in [0, 0.05) is 19.3 Å². The number of carbonyl (C=O) groups is 1. The summed E-state index contributed by atoms with van der Waals surface area (Å²) >= 11 is 22.9. The van der Waals surface area contributed by atoms with Gasteiger partial charge in [-0.15, -0.1) is 0 Å². The van der Waals surface area contributed by atoms with Crippen LogP contribution in [0.1, 0.15) is 10.4 Å². The number of amides is 1. The van der Waals surface area contributed by atoms with Crippen LogP contribution in [0.4, 0.5) is 5.69 Å². The van der Waals surface area contributed by atoms with Gasteiger partial charge in [-0.2, -0.15) is 0 Å². The van der Waals surface area contributed by atoms with E-state index in [2.05, 4.69) is 54.1 Å². The summed E-state index contributed by atoms with van der Waals surface area (Å²) in [4.78, 5) is 16.9. The monoisotopic (exact) mass is 645 g/mol. The van der Waals surface area contributed by atoms with Crippen molar-refractivity contribution < 1.29 is 9.21 Å². The summed E-state index contributed by atoms with van der Waals surface area (Å²) in [5.74, 6) is 0.109. The quantitative estimate of drug-likeness (QED) is 0.181. The molecule has 0 radical (unpaired) electrons. The fourth-order valence-corrected chi connectivity index (χ4v) is 4.17. The van der Waals surface area contributed by atoms with Gasteiger partial charge in [-0.1, -0.05) is 23.2 Å². The third-order valence-corrected chi connectivity index (χ3v) is 6.52. The van der Waals surface area contributed by atoms with Crippen molar-refractivity contribution in [2.24, 2.45) is 0 Å². The van der Waals surface area contributed by atoms with E-state index in [0.717, 1.165) is 13.6 Å². The van der Waals surface area contributed by atoms with Crippen LogP contribution >= 0.6 is 73.9 Å². The van der Waals surface area contributed by atoms with Crippen LogP contribution in [0.5, 0.6) is 0 Å². The summed E-state index contributed by atoms with van der Waals surface area (Å²) in [5, 5.41) is 6.39. The van der Waals surface area contributed by atoms with Crippen molar-refractivity contribution in [1.82, 2.24) is 10.3 Å².